The van der Waals surface area contributed by atoms with Gasteiger partial charge in [0.15, 0.2) is 4.75 Å². The highest BCUT2D eigenvalue weighted by Crippen LogP contribution is 2.19. The van der Waals surface area contributed by atoms with Crippen LogP contribution >= 0.6 is 0 Å². The van der Waals surface area contributed by atoms with Crippen molar-refractivity contribution in [2.75, 3.05) is 20.0 Å². The molecule has 19 heavy (non-hydrogen) atoms. The molecule has 1 amide bonds. The normalized spacial score (nSPS) is 16.3. The minimum atomic E-state index is -1.10. The fourth-order valence-electron chi connectivity index (χ4n) is 1.12. The highest BCUT2D eigenvalue weighted by Gasteiger charge is 2.35. The van der Waals surface area contributed by atoms with E-state index in [4.69, 9.17) is 9.29 Å². The Morgan fingerprint density at radius 3 is 2.26 bits per heavy atom. The number of hydrogen-bond donors (Lipinski definition) is 2. The molecule has 2 unspecified atom stereocenters. The second kappa shape index (κ2) is 7.59. The molecular formula is C12H24NO5S+. The summed E-state index contributed by atoms with van der Waals surface area (Å²) in [5.41, 5.74) is 0. The minimum absolute atomic E-state index is 0.00815. The van der Waals surface area contributed by atoms with Gasteiger partial charge in [-0.3, -0.25) is 0 Å². The number of aliphatic carboxylic acids is 1. The smallest absolute Gasteiger partial charge is 0.407 e. The van der Waals surface area contributed by atoms with Crippen LogP contribution < -0.4 is 5.32 Å². The molecule has 6 nitrogen and oxygen atoms in total. The van der Waals surface area contributed by atoms with Crippen molar-refractivity contribution in [3.05, 3.63) is 0 Å². The third kappa shape index (κ3) is 6.68. The number of carboxylic acids is 1. The first-order valence-electron chi connectivity index (χ1n) is 5.96. The Morgan fingerprint density at radius 2 is 1.89 bits per heavy atom. The highest BCUT2D eigenvalue weighted by atomic mass is 32.2. The zero-order valence-corrected chi connectivity index (χ0v) is 13.2. The van der Waals surface area contributed by atoms with Gasteiger partial charge in [0.1, 0.15) is 30.1 Å². The molecule has 0 bridgehead atoms. The average Bonchev–Trinajstić information content (AvgIpc) is 2.30. The van der Waals surface area contributed by atoms with Crippen LogP contribution in [-0.4, -0.2) is 47.9 Å². The number of carbonyl (C=O) groups excluding carboxylic acids is 1. The van der Waals surface area contributed by atoms with Gasteiger partial charge < -0.3 is 15.2 Å². The molecule has 0 aromatic rings. The Kier molecular flexibility index (Phi) is 7.21. The molecule has 3 atom stereocenters. The van der Waals surface area contributed by atoms with Gasteiger partial charge in [0.2, 0.25) is 0 Å². The van der Waals surface area contributed by atoms with E-state index in [1.54, 1.807) is 6.92 Å². The fraction of sp³-hybridized carbons (Fsp3) is 0.833. The predicted molar refractivity (Wildman–Crippen MR) is 75.1 cm³/mol. The van der Waals surface area contributed by atoms with E-state index in [9.17, 15) is 9.59 Å². The van der Waals surface area contributed by atoms with Crippen molar-refractivity contribution in [3.63, 3.8) is 0 Å². The van der Waals surface area contributed by atoms with Crippen LogP contribution in [0, 0.1) is 5.92 Å². The molecule has 0 aromatic heterocycles. The van der Waals surface area contributed by atoms with Crippen LogP contribution in [0.3, 0.4) is 0 Å². The number of nitrogens with one attached hydrogen (secondary N) is 1. The molecule has 112 valence electrons. The van der Waals surface area contributed by atoms with Gasteiger partial charge in [0.05, 0.1) is 7.11 Å². The van der Waals surface area contributed by atoms with E-state index in [2.05, 4.69) is 30.8 Å². The first kappa shape index (κ1) is 18.0. The Morgan fingerprint density at radius 1 is 1.37 bits per heavy atom. The van der Waals surface area contributed by atoms with Gasteiger partial charge in [-0.05, 0) is 20.8 Å². The van der Waals surface area contributed by atoms with Crippen molar-refractivity contribution < 1.29 is 23.6 Å². The van der Waals surface area contributed by atoms with Gasteiger partial charge in [0, 0.05) is 5.92 Å². The van der Waals surface area contributed by atoms with Crippen LogP contribution in [0.2, 0.25) is 0 Å². The van der Waals surface area contributed by atoms with Crippen LogP contribution in [0.4, 0.5) is 4.79 Å². The Labute approximate surface area is 117 Å². The second-order valence-electron chi connectivity index (χ2n) is 5.28. The van der Waals surface area contributed by atoms with Crippen LogP contribution in [0.1, 0.15) is 27.7 Å². The summed E-state index contributed by atoms with van der Waals surface area (Å²) in [6.45, 7) is 8.15. The number of carboxylic acid groups (broad SMARTS) is 1. The van der Waals surface area contributed by atoms with Gasteiger partial charge in [0.25, 0.3) is 0 Å². The summed E-state index contributed by atoms with van der Waals surface area (Å²) in [5.74, 6) is -1.46. The lowest BCUT2D eigenvalue weighted by Crippen LogP contribution is -2.47. The van der Waals surface area contributed by atoms with Gasteiger partial charge >= 0.3 is 12.1 Å². The van der Waals surface area contributed by atoms with Crippen LogP contribution in [0.15, 0.2) is 0 Å². The maximum Gasteiger partial charge on any atom is 0.407 e. The molecule has 0 heterocycles. The van der Waals surface area contributed by atoms with Gasteiger partial charge in [-0.25, -0.2) is 9.59 Å². The molecule has 0 aromatic carbocycles. The third-order valence-electron chi connectivity index (χ3n) is 2.66. The van der Waals surface area contributed by atoms with Crippen LogP contribution in [0.25, 0.3) is 0 Å². The van der Waals surface area contributed by atoms with E-state index in [0.29, 0.717) is 0 Å². The molecule has 0 radical (unpaired) electrons. The van der Waals surface area contributed by atoms with Crippen molar-refractivity contribution in [2.45, 2.75) is 38.5 Å². The SMILES string of the molecule is COC(=O)N[C@H](C(=O)O)C(C)CO[S+](C)C(C)(C)C. The fourth-order valence-corrected chi connectivity index (χ4v) is 1.89. The van der Waals surface area contributed by atoms with Gasteiger partial charge in [-0.1, -0.05) is 6.92 Å². The van der Waals surface area contributed by atoms with E-state index < -0.39 is 18.1 Å². The van der Waals surface area contributed by atoms with Crippen molar-refractivity contribution in [2.24, 2.45) is 5.92 Å². The maximum absolute atomic E-state index is 11.1. The molecule has 0 saturated heterocycles. The topological polar surface area (TPSA) is 84.9 Å². The predicted octanol–water partition coefficient (Wildman–Crippen LogP) is 1.41. The van der Waals surface area contributed by atoms with E-state index in [-0.39, 0.29) is 28.4 Å². The summed E-state index contributed by atoms with van der Waals surface area (Å²) < 4.78 is 10.1. The first-order chi connectivity index (χ1) is 8.59. The number of carbonyl (C=O) groups is 2. The van der Waals surface area contributed by atoms with Crippen molar-refractivity contribution in [1.82, 2.24) is 5.32 Å². The van der Waals surface area contributed by atoms with Crippen LogP contribution in [0.5, 0.6) is 0 Å². The van der Waals surface area contributed by atoms with Crippen molar-refractivity contribution in [3.8, 4) is 0 Å². The molecule has 0 spiro atoms. The summed E-state index contributed by atoms with van der Waals surface area (Å²) >= 11 is -0.289. The summed E-state index contributed by atoms with van der Waals surface area (Å²) in [6, 6.07) is -1.02. The largest absolute Gasteiger partial charge is 0.480 e. The number of ether oxygens (including phenoxy) is 1. The number of hydrogen-bond acceptors (Lipinski definition) is 4. The number of rotatable bonds is 6. The number of methoxy groups -OCH3 is 1. The lowest BCUT2D eigenvalue weighted by Gasteiger charge is -2.22. The zero-order valence-electron chi connectivity index (χ0n) is 12.4. The summed E-state index contributed by atoms with van der Waals surface area (Å²) in [6.07, 6.45) is 1.21. The molecule has 0 fully saturated rings. The molecule has 0 aliphatic carbocycles. The summed E-state index contributed by atoms with van der Waals surface area (Å²) in [7, 11) is 1.19. The van der Waals surface area contributed by atoms with E-state index in [1.165, 1.54) is 7.11 Å². The number of alkyl carbamates (subject to hydrolysis) is 1. The summed E-state index contributed by atoms with van der Waals surface area (Å²) in [5, 5.41) is 11.4. The quantitative estimate of drug-likeness (QED) is 0.724. The molecule has 0 rings (SSSR count). The first-order valence-corrected chi connectivity index (χ1v) is 7.52. The molecule has 7 heteroatoms. The Bertz CT molecular complexity index is 316. The lowest BCUT2D eigenvalue weighted by molar-refractivity contribution is -0.140. The Balaban J connectivity index is 4.46. The van der Waals surface area contributed by atoms with E-state index >= 15 is 0 Å². The van der Waals surface area contributed by atoms with Crippen molar-refractivity contribution in [1.29, 1.82) is 0 Å². The Hall–Kier alpha value is -0.950. The van der Waals surface area contributed by atoms with E-state index in [0.717, 1.165) is 0 Å². The second-order valence-corrected chi connectivity index (χ2v) is 7.65. The maximum atomic E-state index is 11.1. The minimum Gasteiger partial charge on any atom is -0.480 e. The monoisotopic (exact) mass is 294 g/mol. The summed E-state index contributed by atoms with van der Waals surface area (Å²) in [4.78, 5) is 22.2. The van der Waals surface area contributed by atoms with Gasteiger partial charge in [-0.15, -0.1) is 0 Å². The lowest BCUT2D eigenvalue weighted by atomic mass is 10.0. The van der Waals surface area contributed by atoms with Gasteiger partial charge in [-0.2, -0.15) is 4.18 Å². The average molecular weight is 294 g/mol. The molecule has 0 aliphatic heterocycles. The molecule has 0 aliphatic rings. The molecule has 0 saturated carbocycles. The van der Waals surface area contributed by atoms with E-state index in [1.807, 2.05) is 6.26 Å². The van der Waals surface area contributed by atoms with Crippen LogP contribution in [-0.2, 0) is 24.9 Å². The zero-order chi connectivity index (χ0) is 15.2. The highest BCUT2D eigenvalue weighted by molar-refractivity contribution is 7.93. The van der Waals surface area contributed by atoms with Crippen molar-refractivity contribution >= 4 is 23.2 Å². The standard InChI is InChI=1S/C12H23NO5S/c1-8(7-18-19(6)12(2,3)4)9(10(14)15)13-11(16)17-5/h8-9H,7H2,1-6H3,(H-,13,14,15,16)/p+1/t8?,9-,19?/m0/s1. The molecular weight excluding hydrogens is 270 g/mol. The number of amides is 1. The third-order valence-corrected chi connectivity index (χ3v) is 4.88. The molecule has 2 N–H and O–H groups in total.